The van der Waals surface area contributed by atoms with E-state index in [-0.39, 0.29) is 11.3 Å². The van der Waals surface area contributed by atoms with Crippen LogP contribution in [0.4, 0.5) is 0 Å². The Balaban J connectivity index is 2.13. The molecule has 2 heterocycles. The maximum absolute atomic E-state index is 10.9. The Bertz CT molecular complexity index is 691. The highest BCUT2D eigenvalue weighted by molar-refractivity contribution is 7.99. The van der Waals surface area contributed by atoms with Gasteiger partial charge in [-0.1, -0.05) is 30.3 Å². The maximum atomic E-state index is 10.9. The molecule has 1 N–H and O–H groups in total. The Kier molecular flexibility index (Phi) is 3.84. The maximum Gasteiger partial charge on any atom is 0.313 e. The molecule has 112 valence electrons. The van der Waals surface area contributed by atoms with Crippen molar-refractivity contribution in [2.45, 2.75) is 43.3 Å². The molecule has 0 unspecified atom stereocenters. The van der Waals surface area contributed by atoms with Crippen molar-refractivity contribution < 1.29 is 9.90 Å². The second-order valence-corrected chi connectivity index (χ2v) is 6.72. The van der Waals surface area contributed by atoms with Gasteiger partial charge in [-0.2, -0.15) is 0 Å². The van der Waals surface area contributed by atoms with Gasteiger partial charge in [-0.05, 0) is 31.7 Å². The molecule has 3 rings (SSSR count). The van der Waals surface area contributed by atoms with Crippen molar-refractivity contribution in [3.05, 3.63) is 17.3 Å². The summed E-state index contributed by atoms with van der Waals surface area (Å²) in [5, 5.41) is 10.2. The number of carboxylic acid groups (broad SMARTS) is 1. The smallest absolute Gasteiger partial charge is 0.313 e. The highest BCUT2D eigenvalue weighted by Crippen LogP contribution is 2.45. The van der Waals surface area contributed by atoms with Crippen LogP contribution in [0.2, 0.25) is 5.02 Å². The number of carboxylic acids is 1. The molecule has 0 radical (unpaired) electrons. The molecular formula is C14H16ClN3O2S. The summed E-state index contributed by atoms with van der Waals surface area (Å²) in [6.45, 7) is 2.16. The zero-order chi connectivity index (χ0) is 15.0. The molecule has 0 bridgehead atoms. The number of aromatic nitrogens is 3. The van der Waals surface area contributed by atoms with Gasteiger partial charge in [0, 0.05) is 11.7 Å². The summed E-state index contributed by atoms with van der Waals surface area (Å²) < 4.78 is 2.13. The predicted octanol–water partition coefficient (Wildman–Crippen LogP) is 3.55. The van der Waals surface area contributed by atoms with E-state index in [1.54, 1.807) is 12.3 Å². The number of nitrogens with zero attached hydrogens (tertiary/aromatic N) is 3. The van der Waals surface area contributed by atoms with Crippen LogP contribution in [-0.2, 0) is 10.3 Å². The number of halogens is 1. The van der Waals surface area contributed by atoms with Crippen LogP contribution in [0, 0.1) is 0 Å². The first-order chi connectivity index (χ1) is 10.1. The normalized spacial score (nSPS) is 16.9. The van der Waals surface area contributed by atoms with Crippen LogP contribution in [0.25, 0.3) is 11.2 Å². The van der Waals surface area contributed by atoms with Gasteiger partial charge >= 0.3 is 5.97 Å². The first-order valence-corrected chi connectivity index (χ1v) is 8.31. The van der Waals surface area contributed by atoms with E-state index in [2.05, 4.69) is 21.5 Å². The zero-order valence-electron chi connectivity index (χ0n) is 11.7. The van der Waals surface area contributed by atoms with Crippen LogP contribution in [0.3, 0.4) is 0 Å². The predicted molar refractivity (Wildman–Crippen MR) is 83.0 cm³/mol. The van der Waals surface area contributed by atoms with E-state index in [0.29, 0.717) is 5.02 Å². The average Bonchev–Trinajstić information content (AvgIpc) is 2.74. The van der Waals surface area contributed by atoms with Crippen molar-refractivity contribution in [3.8, 4) is 0 Å². The first kappa shape index (κ1) is 14.7. The van der Waals surface area contributed by atoms with E-state index in [1.165, 1.54) is 18.2 Å². The van der Waals surface area contributed by atoms with Crippen molar-refractivity contribution >= 4 is 40.5 Å². The number of thioether (sulfide) groups is 1. The molecule has 0 spiro atoms. The SMILES string of the molecule is CCC1(n2c(SCC(=O)O)nc3cc(Cl)cnc32)CCC1. The third-order valence-corrected chi connectivity index (χ3v) is 5.30. The second kappa shape index (κ2) is 5.50. The van der Waals surface area contributed by atoms with Crippen molar-refractivity contribution in [2.24, 2.45) is 0 Å². The molecule has 21 heavy (non-hydrogen) atoms. The van der Waals surface area contributed by atoms with Crippen LogP contribution < -0.4 is 0 Å². The second-order valence-electron chi connectivity index (χ2n) is 5.34. The molecule has 7 heteroatoms. The lowest BCUT2D eigenvalue weighted by Crippen LogP contribution is -2.40. The van der Waals surface area contributed by atoms with E-state index in [0.717, 1.165) is 35.6 Å². The zero-order valence-corrected chi connectivity index (χ0v) is 13.2. The Labute approximate surface area is 131 Å². The highest BCUT2D eigenvalue weighted by Gasteiger charge is 2.40. The number of aliphatic carboxylic acids is 1. The standard InChI is InChI=1S/C14H16ClN3O2S/c1-2-14(4-3-5-14)18-12-10(6-9(15)7-16-12)17-13(18)21-8-11(19)20/h6-7H,2-5,8H2,1H3,(H,19,20). The van der Waals surface area contributed by atoms with Gasteiger partial charge in [0.15, 0.2) is 10.8 Å². The number of hydrogen-bond acceptors (Lipinski definition) is 4. The Morgan fingerprint density at radius 3 is 2.90 bits per heavy atom. The minimum absolute atomic E-state index is 0.00313. The van der Waals surface area contributed by atoms with E-state index in [4.69, 9.17) is 16.7 Å². The van der Waals surface area contributed by atoms with E-state index >= 15 is 0 Å². The van der Waals surface area contributed by atoms with Crippen LogP contribution in [0.15, 0.2) is 17.4 Å². The van der Waals surface area contributed by atoms with Crippen molar-refractivity contribution in [1.82, 2.24) is 14.5 Å². The Morgan fingerprint density at radius 2 is 2.33 bits per heavy atom. The number of rotatable bonds is 5. The first-order valence-electron chi connectivity index (χ1n) is 6.95. The van der Waals surface area contributed by atoms with Gasteiger partial charge in [-0.25, -0.2) is 9.97 Å². The molecule has 0 saturated heterocycles. The van der Waals surface area contributed by atoms with E-state index < -0.39 is 5.97 Å². The summed E-state index contributed by atoms with van der Waals surface area (Å²) in [4.78, 5) is 19.9. The third-order valence-electron chi connectivity index (χ3n) is 4.17. The molecule has 2 aromatic rings. The Morgan fingerprint density at radius 1 is 1.57 bits per heavy atom. The largest absolute Gasteiger partial charge is 0.481 e. The van der Waals surface area contributed by atoms with Gasteiger partial charge in [0.05, 0.1) is 10.8 Å². The van der Waals surface area contributed by atoms with Crippen LogP contribution in [0.5, 0.6) is 0 Å². The lowest BCUT2D eigenvalue weighted by Gasteiger charge is -2.43. The average molecular weight is 326 g/mol. The summed E-state index contributed by atoms with van der Waals surface area (Å²) in [6.07, 6.45) is 5.96. The summed E-state index contributed by atoms with van der Waals surface area (Å²) in [7, 11) is 0. The number of carbonyl (C=O) groups is 1. The summed E-state index contributed by atoms with van der Waals surface area (Å²) in [5.41, 5.74) is 1.56. The van der Waals surface area contributed by atoms with Crippen LogP contribution >= 0.6 is 23.4 Å². The number of hydrogen-bond donors (Lipinski definition) is 1. The molecule has 5 nitrogen and oxygen atoms in total. The lowest BCUT2D eigenvalue weighted by molar-refractivity contribution is -0.133. The minimum atomic E-state index is -0.844. The van der Waals surface area contributed by atoms with Gasteiger partial charge in [0.2, 0.25) is 0 Å². The minimum Gasteiger partial charge on any atom is -0.481 e. The monoisotopic (exact) mass is 325 g/mol. The van der Waals surface area contributed by atoms with Gasteiger partial charge in [0.25, 0.3) is 0 Å². The quantitative estimate of drug-likeness (QED) is 0.851. The molecule has 1 fully saturated rings. The fourth-order valence-electron chi connectivity index (χ4n) is 2.89. The topological polar surface area (TPSA) is 68.0 Å². The summed E-state index contributed by atoms with van der Waals surface area (Å²) >= 11 is 7.24. The van der Waals surface area contributed by atoms with Crippen molar-refractivity contribution in [2.75, 3.05) is 5.75 Å². The third kappa shape index (κ3) is 2.51. The number of fused-ring (bicyclic) bond motifs is 1. The fourth-order valence-corrected chi connectivity index (χ4v) is 3.87. The molecule has 1 aliphatic rings. The number of pyridine rings is 1. The molecule has 1 saturated carbocycles. The van der Waals surface area contributed by atoms with Crippen LogP contribution in [-0.4, -0.2) is 31.4 Å². The lowest BCUT2D eigenvalue weighted by atomic mass is 9.74. The summed E-state index contributed by atoms with van der Waals surface area (Å²) in [5.74, 6) is -0.847. The molecule has 2 aromatic heterocycles. The fraction of sp³-hybridized carbons (Fsp3) is 0.500. The summed E-state index contributed by atoms with van der Waals surface area (Å²) in [6, 6.07) is 1.78. The van der Waals surface area contributed by atoms with Crippen LogP contribution in [0.1, 0.15) is 32.6 Å². The van der Waals surface area contributed by atoms with Gasteiger partial charge < -0.3 is 5.11 Å². The molecule has 0 aromatic carbocycles. The van der Waals surface area contributed by atoms with Gasteiger partial charge in [-0.3, -0.25) is 9.36 Å². The van der Waals surface area contributed by atoms with Gasteiger partial charge in [0.1, 0.15) is 5.52 Å². The van der Waals surface area contributed by atoms with Crippen molar-refractivity contribution in [3.63, 3.8) is 0 Å². The molecule has 0 amide bonds. The molecule has 0 atom stereocenters. The highest BCUT2D eigenvalue weighted by atomic mass is 35.5. The van der Waals surface area contributed by atoms with Gasteiger partial charge in [-0.15, -0.1) is 0 Å². The molecule has 0 aliphatic heterocycles. The molecule has 1 aliphatic carbocycles. The van der Waals surface area contributed by atoms with E-state index in [9.17, 15) is 4.79 Å². The van der Waals surface area contributed by atoms with Crippen molar-refractivity contribution in [1.29, 1.82) is 0 Å². The number of imidazole rings is 1. The van der Waals surface area contributed by atoms with E-state index in [1.807, 2.05) is 0 Å². The molecular weight excluding hydrogens is 310 g/mol. The Hall–Kier alpha value is -1.27.